The predicted molar refractivity (Wildman–Crippen MR) is 97.3 cm³/mol. The monoisotopic (exact) mass is 392 g/mol. The summed E-state index contributed by atoms with van der Waals surface area (Å²) in [6, 6.07) is 4.36. The van der Waals surface area contributed by atoms with E-state index in [0.29, 0.717) is 22.9 Å². The second-order valence-electron chi connectivity index (χ2n) is 6.30. The van der Waals surface area contributed by atoms with Crippen LogP contribution in [0.5, 0.6) is 0 Å². The standard InChI is InChI=1S/C18H15F3N4O3/c1-9-5-10(2)24-17(26)14(9)8-23-16-13-6-11(18(19,20)21)7-15(25(27)28)12(13)3-4-22-16/h3-7H,8H2,1-2H3,(H,22,23)(H,24,26). The fourth-order valence-corrected chi connectivity index (χ4v) is 2.99. The quantitative estimate of drug-likeness (QED) is 0.515. The van der Waals surface area contributed by atoms with Gasteiger partial charge in [0.1, 0.15) is 5.82 Å². The van der Waals surface area contributed by atoms with E-state index in [1.54, 1.807) is 19.9 Å². The van der Waals surface area contributed by atoms with Crippen molar-refractivity contribution in [3.05, 3.63) is 73.3 Å². The van der Waals surface area contributed by atoms with Crippen molar-refractivity contribution in [2.45, 2.75) is 26.6 Å². The van der Waals surface area contributed by atoms with Gasteiger partial charge in [0.25, 0.3) is 11.2 Å². The largest absolute Gasteiger partial charge is 0.416 e. The van der Waals surface area contributed by atoms with Crippen molar-refractivity contribution in [1.82, 2.24) is 9.97 Å². The van der Waals surface area contributed by atoms with Crippen LogP contribution in [0.25, 0.3) is 10.8 Å². The second kappa shape index (κ2) is 6.95. The molecule has 2 heterocycles. The molecule has 0 fully saturated rings. The van der Waals surface area contributed by atoms with Gasteiger partial charge < -0.3 is 10.3 Å². The average molecular weight is 392 g/mol. The van der Waals surface area contributed by atoms with Gasteiger partial charge in [-0.25, -0.2) is 4.98 Å². The number of hydrogen-bond acceptors (Lipinski definition) is 5. The van der Waals surface area contributed by atoms with Crippen LogP contribution in [-0.4, -0.2) is 14.9 Å². The Kier molecular flexibility index (Phi) is 4.80. The molecule has 0 amide bonds. The third-order valence-electron chi connectivity index (χ3n) is 4.31. The SMILES string of the molecule is Cc1cc(C)c(CNc2nccc3c([N+](=O)[O-])cc(C(F)(F)F)cc23)c(=O)[nH]1. The van der Waals surface area contributed by atoms with E-state index in [2.05, 4.69) is 15.3 Å². The molecular formula is C18H15F3N4O3. The van der Waals surface area contributed by atoms with Crippen LogP contribution in [0.4, 0.5) is 24.7 Å². The summed E-state index contributed by atoms with van der Waals surface area (Å²) in [5.41, 5.74) is -0.360. The number of halogens is 3. The molecule has 0 aliphatic rings. The highest BCUT2D eigenvalue weighted by molar-refractivity contribution is 5.98. The average Bonchev–Trinajstić information content (AvgIpc) is 2.59. The number of aromatic amines is 1. The van der Waals surface area contributed by atoms with Crippen LogP contribution in [0.1, 0.15) is 22.4 Å². The number of nitro groups is 1. The maximum atomic E-state index is 13.2. The summed E-state index contributed by atoms with van der Waals surface area (Å²) in [5, 5.41) is 14.1. The zero-order valence-corrected chi connectivity index (χ0v) is 14.8. The molecule has 10 heteroatoms. The maximum absolute atomic E-state index is 13.2. The van der Waals surface area contributed by atoms with E-state index < -0.39 is 22.4 Å². The number of H-pyrrole nitrogens is 1. The van der Waals surface area contributed by atoms with E-state index in [4.69, 9.17) is 0 Å². The van der Waals surface area contributed by atoms with Crippen molar-refractivity contribution in [3.8, 4) is 0 Å². The molecule has 0 unspecified atom stereocenters. The Labute approximate surface area is 156 Å². The minimum atomic E-state index is -4.75. The van der Waals surface area contributed by atoms with E-state index in [1.165, 1.54) is 12.3 Å². The lowest BCUT2D eigenvalue weighted by Crippen LogP contribution is -2.19. The molecule has 0 aliphatic carbocycles. The molecule has 3 aromatic rings. The fourth-order valence-electron chi connectivity index (χ4n) is 2.99. The number of fused-ring (bicyclic) bond motifs is 1. The minimum Gasteiger partial charge on any atom is -0.365 e. The molecule has 0 radical (unpaired) electrons. The Morgan fingerprint density at radius 2 is 1.93 bits per heavy atom. The van der Waals surface area contributed by atoms with E-state index in [9.17, 15) is 28.1 Å². The summed E-state index contributed by atoms with van der Waals surface area (Å²) in [5.74, 6) is 0.0195. The summed E-state index contributed by atoms with van der Waals surface area (Å²) in [7, 11) is 0. The highest BCUT2D eigenvalue weighted by Crippen LogP contribution is 2.38. The summed E-state index contributed by atoms with van der Waals surface area (Å²) in [6.07, 6.45) is -3.49. The van der Waals surface area contributed by atoms with Gasteiger partial charge in [0.2, 0.25) is 0 Å². The lowest BCUT2D eigenvalue weighted by atomic mass is 10.1. The number of nitro benzene ring substituents is 1. The summed E-state index contributed by atoms with van der Waals surface area (Å²) >= 11 is 0. The Hall–Kier alpha value is -3.43. The number of rotatable bonds is 4. The van der Waals surface area contributed by atoms with Gasteiger partial charge in [-0.2, -0.15) is 13.2 Å². The first-order valence-electron chi connectivity index (χ1n) is 8.15. The van der Waals surface area contributed by atoms with Crippen LogP contribution >= 0.6 is 0 Å². The molecule has 7 nitrogen and oxygen atoms in total. The Balaban J connectivity index is 2.11. The molecule has 146 valence electrons. The Morgan fingerprint density at radius 1 is 1.21 bits per heavy atom. The molecule has 0 spiro atoms. The van der Waals surface area contributed by atoms with Crippen molar-refractivity contribution in [1.29, 1.82) is 0 Å². The van der Waals surface area contributed by atoms with Gasteiger partial charge in [-0.15, -0.1) is 0 Å². The highest BCUT2D eigenvalue weighted by atomic mass is 19.4. The summed E-state index contributed by atoms with van der Waals surface area (Å²) < 4.78 is 39.5. The van der Waals surface area contributed by atoms with E-state index >= 15 is 0 Å². The number of hydrogen-bond donors (Lipinski definition) is 2. The molecule has 2 N–H and O–H groups in total. The first kappa shape index (κ1) is 19.3. The van der Waals surface area contributed by atoms with Crippen LogP contribution in [0, 0.1) is 24.0 Å². The maximum Gasteiger partial charge on any atom is 0.416 e. The van der Waals surface area contributed by atoms with Gasteiger partial charge >= 0.3 is 6.18 Å². The molecule has 0 saturated heterocycles. The third kappa shape index (κ3) is 3.66. The first-order chi connectivity index (χ1) is 13.1. The summed E-state index contributed by atoms with van der Waals surface area (Å²) in [6.45, 7) is 3.47. The normalized spacial score (nSPS) is 11.6. The van der Waals surface area contributed by atoms with Crippen LogP contribution in [0.3, 0.4) is 0 Å². The lowest BCUT2D eigenvalue weighted by molar-refractivity contribution is -0.383. The molecule has 0 atom stereocenters. The number of aryl methyl sites for hydroxylation is 2. The van der Waals surface area contributed by atoms with Crippen molar-refractivity contribution in [2.24, 2.45) is 0 Å². The molecule has 0 aliphatic heterocycles. The summed E-state index contributed by atoms with van der Waals surface area (Å²) in [4.78, 5) is 29.2. The number of non-ortho nitro benzene ring substituents is 1. The van der Waals surface area contributed by atoms with Gasteiger partial charge in [-0.1, -0.05) is 0 Å². The van der Waals surface area contributed by atoms with Gasteiger partial charge in [0.05, 0.1) is 15.9 Å². The molecular weight excluding hydrogens is 377 g/mol. The lowest BCUT2D eigenvalue weighted by Gasteiger charge is -2.13. The van der Waals surface area contributed by atoms with Gasteiger partial charge in [0.15, 0.2) is 0 Å². The van der Waals surface area contributed by atoms with Crippen LogP contribution < -0.4 is 10.9 Å². The zero-order valence-electron chi connectivity index (χ0n) is 14.8. The molecule has 3 rings (SSSR count). The smallest absolute Gasteiger partial charge is 0.365 e. The van der Waals surface area contributed by atoms with E-state index in [1.807, 2.05) is 0 Å². The van der Waals surface area contributed by atoms with Crippen molar-refractivity contribution in [2.75, 3.05) is 5.32 Å². The topological polar surface area (TPSA) is 101 Å². The molecule has 2 aromatic heterocycles. The zero-order chi connectivity index (χ0) is 20.6. The van der Waals surface area contributed by atoms with Crippen LogP contribution in [-0.2, 0) is 12.7 Å². The van der Waals surface area contributed by atoms with Crippen molar-refractivity contribution < 1.29 is 18.1 Å². The predicted octanol–water partition coefficient (Wildman–Crippen LogP) is 4.08. The minimum absolute atomic E-state index is 0.00238. The number of nitrogens with zero attached hydrogens (tertiary/aromatic N) is 2. The van der Waals surface area contributed by atoms with Crippen molar-refractivity contribution >= 4 is 22.3 Å². The number of anilines is 1. The molecule has 0 bridgehead atoms. The Morgan fingerprint density at radius 3 is 2.54 bits per heavy atom. The molecule has 28 heavy (non-hydrogen) atoms. The number of nitrogens with one attached hydrogen (secondary N) is 2. The Bertz CT molecular complexity index is 1140. The second-order valence-corrected chi connectivity index (χ2v) is 6.30. The fraction of sp³-hybridized carbons (Fsp3) is 0.222. The van der Waals surface area contributed by atoms with Gasteiger partial charge in [0, 0.05) is 35.5 Å². The van der Waals surface area contributed by atoms with E-state index in [-0.39, 0.29) is 28.7 Å². The van der Waals surface area contributed by atoms with E-state index in [0.717, 1.165) is 6.07 Å². The number of pyridine rings is 2. The van der Waals surface area contributed by atoms with Gasteiger partial charge in [-0.05, 0) is 37.6 Å². The highest BCUT2D eigenvalue weighted by Gasteiger charge is 2.33. The first-order valence-corrected chi connectivity index (χ1v) is 8.15. The number of alkyl halides is 3. The molecule has 1 aromatic carbocycles. The van der Waals surface area contributed by atoms with Crippen LogP contribution in [0.2, 0.25) is 0 Å². The molecule has 0 saturated carbocycles. The number of benzene rings is 1. The number of aromatic nitrogens is 2. The van der Waals surface area contributed by atoms with Crippen molar-refractivity contribution in [3.63, 3.8) is 0 Å². The third-order valence-corrected chi connectivity index (χ3v) is 4.31. The van der Waals surface area contributed by atoms with Crippen LogP contribution in [0.15, 0.2) is 35.3 Å². The van der Waals surface area contributed by atoms with Gasteiger partial charge in [-0.3, -0.25) is 14.9 Å².